The normalized spacial score (nSPS) is 19.3. The average Bonchev–Trinajstić information content (AvgIpc) is 2.32. The molecule has 6 heteroatoms. The fraction of sp³-hybridized carbons (Fsp3) is 0.417. The number of benzene rings is 1. The van der Waals surface area contributed by atoms with Gasteiger partial charge in [-0.05, 0) is 25.1 Å². The highest BCUT2D eigenvalue weighted by atomic mass is 35.5. The number of nitrogens with one attached hydrogen (secondary N) is 1. The number of piperazine rings is 1. The molecule has 0 spiro atoms. The van der Waals surface area contributed by atoms with Gasteiger partial charge in [0.05, 0.1) is 5.02 Å². The predicted molar refractivity (Wildman–Crippen MR) is 72.0 cm³/mol. The Morgan fingerprint density at radius 3 is 2.89 bits per heavy atom. The van der Waals surface area contributed by atoms with Gasteiger partial charge in [0.1, 0.15) is 5.82 Å². The minimum absolute atomic E-state index is 0. The summed E-state index contributed by atoms with van der Waals surface area (Å²) >= 11 is 5.67. The molecule has 0 unspecified atom stereocenters. The third kappa shape index (κ3) is 3.34. The van der Waals surface area contributed by atoms with Crippen molar-refractivity contribution in [1.82, 2.24) is 10.2 Å². The molecule has 18 heavy (non-hydrogen) atoms. The van der Waals surface area contributed by atoms with E-state index in [2.05, 4.69) is 5.32 Å². The van der Waals surface area contributed by atoms with Gasteiger partial charge in [-0.25, -0.2) is 4.39 Å². The zero-order chi connectivity index (χ0) is 12.4. The van der Waals surface area contributed by atoms with Gasteiger partial charge < -0.3 is 10.2 Å². The maximum absolute atomic E-state index is 13.0. The van der Waals surface area contributed by atoms with Crippen LogP contribution in [-0.2, 0) is 0 Å². The Labute approximate surface area is 117 Å². The van der Waals surface area contributed by atoms with E-state index in [-0.39, 0.29) is 29.4 Å². The molecule has 1 aromatic rings. The van der Waals surface area contributed by atoms with Gasteiger partial charge in [-0.15, -0.1) is 12.4 Å². The Kier molecular flexibility index (Phi) is 5.38. The summed E-state index contributed by atoms with van der Waals surface area (Å²) in [7, 11) is 0. The van der Waals surface area contributed by atoms with E-state index < -0.39 is 5.82 Å². The van der Waals surface area contributed by atoms with Crippen LogP contribution in [0.15, 0.2) is 18.2 Å². The number of halogens is 3. The lowest BCUT2D eigenvalue weighted by atomic mass is 10.1. The van der Waals surface area contributed by atoms with Gasteiger partial charge >= 0.3 is 0 Å². The molecule has 0 aromatic heterocycles. The average molecular weight is 293 g/mol. The molecule has 100 valence electrons. The van der Waals surface area contributed by atoms with Crippen molar-refractivity contribution in [3.63, 3.8) is 0 Å². The summed E-state index contributed by atoms with van der Waals surface area (Å²) in [4.78, 5) is 13.9. The van der Waals surface area contributed by atoms with Gasteiger partial charge in [-0.3, -0.25) is 4.79 Å². The number of carbonyl (C=O) groups excluding carboxylic acids is 1. The standard InChI is InChI=1S/C12H14ClFN2O.ClH/c1-8-7-16(5-4-15-8)12(17)9-2-3-11(14)10(13)6-9;/h2-3,6,8,15H,4-5,7H2,1H3;1H/t8-;/m1./s1. The van der Waals surface area contributed by atoms with Crippen LogP contribution < -0.4 is 5.32 Å². The SMILES string of the molecule is C[C@@H]1CN(C(=O)c2ccc(F)c(Cl)c2)CCN1.Cl. The third-order valence-electron chi connectivity index (χ3n) is 2.82. The van der Waals surface area contributed by atoms with E-state index in [0.717, 1.165) is 6.54 Å². The smallest absolute Gasteiger partial charge is 0.254 e. The fourth-order valence-electron chi connectivity index (χ4n) is 1.93. The summed E-state index contributed by atoms with van der Waals surface area (Å²) in [5.74, 6) is -0.600. The van der Waals surface area contributed by atoms with E-state index in [0.29, 0.717) is 18.7 Å². The molecule has 1 N–H and O–H groups in total. The molecular formula is C12H15Cl2FN2O. The van der Waals surface area contributed by atoms with Crippen LogP contribution in [0.5, 0.6) is 0 Å². The Balaban J connectivity index is 0.00000162. The lowest BCUT2D eigenvalue weighted by molar-refractivity contribution is 0.0709. The number of nitrogens with zero attached hydrogens (tertiary/aromatic N) is 1. The Morgan fingerprint density at radius 1 is 1.56 bits per heavy atom. The van der Waals surface area contributed by atoms with Crippen LogP contribution in [0.25, 0.3) is 0 Å². The van der Waals surface area contributed by atoms with E-state index in [1.54, 1.807) is 4.90 Å². The van der Waals surface area contributed by atoms with Crippen LogP contribution in [0.3, 0.4) is 0 Å². The van der Waals surface area contributed by atoms with Crippen LogP contribution in [0.1, 0.15) is 17.3 Å². The molecule has 0 bridgehead atoms. The summed E-state index contributed by atoms with van der Waals surface area (Å²) in [6.45, 7) is 4.13. The summed E-state index contributed by atoms with van der Waals surface area (Å²) in [5.41, 5.74) is 0.436. The van der Waals surface area contributed by atoms with E-state index in [9.17, 15) is 9.18 Å². The van der Waals surface area contributed by atoms with E-state index >= 15 is 0 Å². The minimum Gasteiger partial charge on any atom is -0.336 e. The van der Waals surface area contributed by atoms with Crippen LogP contribution >= 0.6 is 24.0 Å². The van der Waals surface area contributed by atoms with Crippen molar-refractivity contribution >= 4 is 29.9 Å². The van der Waals surface area contributed by atoms with Crippen molar-refractivity contribution in [2.75, 3.05) is 19.6 Å². The maximum Gasteiger partial charge on any atom is 0.254 e. The fourth-order valence-corrected chi connectivity index (χ4v) is 2.11. The summed E-state index contributed by atoms with van der Waals surface area (Å²) in [6.07, 6.45) is 0. The topological polar surface area (TPSA) is 32.3 Å². The summed E-state index contributed by atoms with van der Waals surface area (Å²) in [5, 5.41) is 3.24. The molecule has 1 heterocycles. The zero-order valence-electron chi connectivity index (χ0n) is 9.95. The number of hydrogen-bond acceptors (Lipinski definition) is 2. The molecule has 2 rings (SSSR count). The number of amides is 1. The molecule has 1 aromatic carbocycles. The van der Waals surface area contributed by atoms with Crippen molar-refractivity contribution < 1.29 is 9.18 Å². The minimum atomic E-state index is -0.503. The van der Waals surface area contributed by atoms with Crippen LogP contribution in [0.4, 0.5) is 4.39 Å². The van der Waals surface area contributed by atoms with Gasteiger partial charge in [0.15, 0.2) is 0 Å². The second-order valence-electron chi connectivity index (χ2n) is 4.24. The molecule has 1 fully saturated rings. The molecule has 1 amide bonds. The number of hydrogen-bond donors (Lipinski definition) is 1. The first kappa shape index (κ1) is 15.2. The van der Waals surface area contributed by atoms with Gasteiger partial charge in [0.25, 0.3) is 5.91 Å². The molecule has 1 aliphatic heterocycles. The first-order chi connectivity index (χ1) is 8.08. The maximum atomic E-state index is 13.0. The van der Waals surface area contributed by atoms with Crippen molar-refractivity contribution in [2.24, 2.45) is 0 Å². The number of carbonyl (C=O) groups is 1. The third-order valence-corrected chi connectivity index (χ3v) is 3.11. The highest BCUT2D eigenvalue weighted by Crippen LogP contribution is 2.17. The molecule has 1 saturated heterocycles. The Hall–Kier alpha value is -0.840. The molecule has 1 aliphatic rings. The van der Waals surface area contributed by atoms with Gasteiger partial charge in [-0.1, -0.05) is 11.6 Å². The summed E-state index contributed by atoms with van der Waals surface area (Å²) in [6, 6.07) is 4.35. The van der Waals surface area contributed by atoms with Crippen molar-refractivity contribution in [3.05, 3.63) is 34.6 Å². The second-order valence-corrected chi connectivity index (χ2v) is 4.64. The molecule has 1 atom stereocenters. The first-order valence-electron chi connectivity index (χ1n) is 5.55. The summed E-state index contributed by atoms with van der Waals surface area (Å²) < 4.78 is 13.0. The van der Waals surface area contributed by atoms with Crippen LogP contribution in [-0.4, -0.2) is 36.5 Å². The van der Waals surface area contributed by atoms with Gasteiger partial charge in [-0.2, -0.15) is 0 Å². The number of rotatable bonds is 1. The van der Waals surface area contributed by atoms with Crippen LogP contribution in [0, 0.1) is 5.82 Å². The van der Waals surface area contributed by atoms with Gasteiger partial charge in [0.2, 0.25) is 0 Å². The predicted octanol–water partition coefficient (Wildman–Crippen LogP) is 2.33. The van der Waals surface area contributed by atoms with E-state index in [1.165, 1.54) is 18.2 Å². The van der Waals surface area contributed by atoms with Crippen molar-refractivity contribution in [1.29, 1.82) is 0 Å². The van der Waals surface area contributed by atoms with E-state index in [1.807, 2.05) is 6.92 Å². The largest absolute Gasteiger partial charge is 0.336 e. The lowest BCUT2D eigenvalue weighted by Gasteiger charge is -2.32. The molecule has 0 saturated carbocycles. The van der Waals surface area contributed by atoms with Crippen molar-refractivity contribution in [2.45, 2.75) is 13.0 Å². The van der Waals surface area contributed by atoms with Crippen molar-refractivity contribution in [3.8, 4) is 0 Å². The molecule has 0 radical (unpaired) electrons. The Morgan fingerprint density at radius 2 is 2.28 bits per heavy atom. The lowest BCUT2D eigenvalue weighted by Crippen LogP contribution is -2.51. The Bertz CT molecular complexity index is 442. The highest BCUT2D eigenvalue weighted by molar-refractivity contribution is 6.31. The second kappa shape index (κ2) is 6.36. The quantitative estimate of drug-likeness (QED) is 0.862. The first-order valence-corrected chi connectivity index (χ1v) is 5.93. The molecular weight excluding hydrogens is 278 g/mol. The molecule has 0 aliphatic carbocycles. The van der Waals surface area contributed by atoms with Gasteiger partial charge in [0, 0.05) is 31.2 Å². The molecule has 3 nitrogen and oxygen atoms in total. The van der Waals surface area contributed by atoms with E-state index in [4.69, 9.17) is 11.6 Å². The van der Waals surface area contributed by atoms with Crippen LogP contribution in [0.2, 0.25) is 5.02 Å². The zero-order valence-corrected chi connectivity index (χ0v) is 11.5. The highest BCUT2D eigenvalue weighted by Gasteiger charge is 2.21. The monoisotopic (exact) mass is 292 g/mol.